The molecule has 106 valence electrons. The van der Waals surface area contributed by atoms with Gasteiger partial charge in [-0.25, -0.2) is 13.9 Å². The van der Waals surface area contributed by atoms with Crippen molar-refractivity contribution < 1.29 is 13.9 Å². The second-order valence-electron chi connectivity index (χ2n) is 4.59. The molecular formula is C14H14ClFN2O2. The number of halogens is 2. The van der Waals surface area contributed by atoms with Crippen molar-refractivity contribution in [3.05, 3.63) is 46.5 Å². The number of rotatable bonds is 3. The third-order valence-electron chi connectivity index (χ3n) is 2.84. The first-order valence-electron chi connectivity index (χ1n) is 6.08. The van der Waals surface area contributed by atoms with Crippen LogP contribution in [0.1, 0.15) is 35.9 Å². The van der Waals surface area contributed by atoms with Crippen molar-refractivity contribution >= 4 is 17.6 Å². The lowest BCUT2D eigenvalue weighted by atomic mass is 10.1. The zero-order valence-corrected chi connectivity index (χ0v) is 12.1. The van der Waals surface area contributed by atoms with E-state index in [9.17, 15) is 9.18 Å². The summed E-state index contributed by atoms with van der Waals surface area (Å²) in [4.78, 5) is 11.7. The van der Waals surface area contributed by atoms with E-state index < -0.39 is 5.97 Å². The molecule has 2 rings (SSSR count). The van der Waals surface area contributed by atoms with Crippen LogP contribution in [-0.4, -0.2) is 22.9 Å². The molecule has 4 nitrogen and oxygen atoms in total. The molecule has 6 heteroatoms. The molecule has 20 heavy (non-hydrogen) atoms. The van der Waals surface area contributed by atoms with Gasteiger partial charge in [-0.15, -0.1) is 0 Å². The predicted octanol–water partition coefficient (Wildman–Crippen LogP) is 3.57. The third-order valence-corrected chi connectivity index (χ3v) is 3.21. The Bertz CT molecular complexity index is 653. The smallest absolute Gasteiger partial charge is 0.360 e. The van der Waals surface area contributed by atoms with Crippen LogP contribution in [-0.2, 0) is 4.74 Å². The fourth-order valence-electron chi connectivity index (χ4n) is 1.94. The molecule has 0 radical (unpaired) electrons. The summed E-state index contributed by atoms with van der Waals surface area (Å²) in [5.41, 5.74) is 1.17. The van der Waals surface area contributed by atoms with E-state index in [-0.39, 0.29) is 22.5 Å². The van der Waals surface area contributed by atoms with Gasteiger partial charge in [0.25, 0.3) is 0 Å². The number of carbonyl (C=O) groups excluding carboxylic acids is 1. The number of benzene rings is 1. The van der Waals surface area contributed by atoms with Crippen LogP contribution in [0.5, 0.6) is 0 Å². The number of ether oxygens (including phenoxy) is 1. The van der Waals surface area contributed by atoms with E-state index in [1.807, 2.05) is 13.8 Å². The highest BCUT2D eigenvalue weighted by molar-refractivity contribution is 6.34. The SMILES string of the molecule is COC(=O)c1nn(-c2cccc(F)c2)c(C(C)C)c1Cl. The van der Waals surface area contributed by atoms with Gasteiger partial charge in [0.05, 0.1) is 23.5 Å². The van der Waals surface area contributed by atoms with Gasteiger partial charge in [-0.05, 0) is 24.1 Å². The van der Waals surface area contributed by atoms with Crippen LogP contribution in [0.3, 0.4) is 0 Å². The molecule has 0 atom stereocenters. The highest BCUT2D eigenvalue weighted by Gasteiger charge is 2.24. The van der Waals surface area contributed by atoms with Gasteiger partial charge >= 0.3 is 5.97 Å². The standard InChI is InChI=1S/C14H14ClFN2O2/c1-8(2)13-11(15)12(14(19)20-3)17-18(13)10-6-4-5-9(16)7-10/h4-8H,1-3H3. The average Bonchev–Trinajstić information content (AvgIpc) is 2.75. The first-order chi connectivity index (χ1) is 9.45. The quantitative estimate of drug-likeness (QED) is 0.813. The second-order valence-corrected chi connectivity index (χ2v) is 4.96. The normalized spacial score (nSPS) is 10.9. The van der Waals surface area contributed by atoms with Gasteiger partial charge in [-0.3, -0.25) is 0 Å². The highest BCUT2D eigenvalue weighted by atomic mass is 35.5. The van der Waals surface area contributed by atoms with Gasteiger partial charge in [0.15, 0.2) is 5.69 Å². The van der Waals surface area contributed by atoms with Gasteiger partial charge in [0.1, 0.15) is 5.82 Å². The summed E-state index contributed by atoms with van der Waals surface area (Å²) >= 11 is 6.21. The Hall–Kier alpha value is -1.88. The fraction of sp³-hybridized carbons (Fsp3) is 0.286. The minimum Gasteiger partial charge on any atom is -0.464 e. The van der Waals surface area contributed by atoms with Crippen molar-refractivity contribution in [1.82, 2.24) is 9.78 Å². The van der Waals surface area contributed by atoms with Gasteiger partial charge in [0.2, 0.25) is 0 Å². The first kappa shape index (κ1) is 14.5. The molecule has 0 spiro atoms. The largest absolute Gasteiger partial charge is 0.464 e. The Balaban J connectivity index is 2.66. The Labute approximate surface area is 121 Å². The van der Waals surface area contributed by atoms with Crippen molar-refractivity contribution in [2.75, 3.05) is 7.11 Å². The molecule has 1 aromatic heterocycles. The number of carbonyl (C=O) groups is 1. The zero-order valence-electron chi connectivity index (χ0n) is 11.4. The van der Waals surface area contributed by atoms with Crippen molar-refractivity contribution in [1.29, 1.82) is 0 Å². The Kier molecular flexibility index (Phi) is 4.09. The van der Waals surface area contributed by atoms with E-state index in [1.165, 1.54) is 23.9 Å². The first-order valence-corrected chi connectivity index (χ1v) is 6.46. The monoisotopic (exact) mass is 296 g/mol. The predicted molar refractivity (Wildman–Crippen MR) is 74.0 cm³/mol. The van der Waals surface area contributed by atoms with E-state index in [0.717, 1.165) is 0 Å². The lowest BCUT2D eigenvalue weighted by molar-refractivity contribution is 0.0593. The van der Waals surface area contributed by atoms with Gasteiger partial charge in [-0.1, -0.05) is 31.5 Å². The molecule has 0 N–H and O–H groups in total. The topological polar surface area (TPSA) is 44.1 Å². The van der Waals surface area contributed by atoms with Gasteiger partial charge in [0, 0.05) is 0 Å². The zero-order chi connectivity index (χ0) is 14.9. The molecule has 0 saturated heterocycles. The van der Waals surface area contributed by atoms with E-state index in [2.05, 4.69) is 9.84 Å². The van der Waals surface area contributed by atoms with Crippen LogP contribution < -0.4 is 0 Å². The molecular weight excluding hydrogens is 283 g/mol. The molecule has 0 amide bonds. The number of nitrogens with zero attached hydrogens (tertiary/aromatic N) is 2. The maximum Gasteiger partial charge on any atom is 0.360 e. The molecule has 2 aromatic rings. The molecule has 0 fully saturated rings. The third kappa shape index (κ3) is 2.54. The van der Waals surface area contributed by atoms with Gasteiger partial charge < -0.3 is 4.74 Å². The van der Waals surface area contributed by atoms with Crippen molar-refractivity contribution in [2.45, 2.75) is 19.8 Å². The number of methoxy groups -OCH3 is 1. The minimum absolute atomic E-state index is 0.0108. The van der Waals surface area contributed by atoms with Crippen molar-refractivity contribution in [3.63, 3.8) is 0 Å². The van der Waals surface area contributed by atoms with E-state index in [4.69, 9.17) is 11.6 Å². The summed E-state index contributed by atoms with van der Waals surface area (Å²) in [7, 11) is 1.26. The molecule has 0 saturated carbocycles. The van der Waals surface area contributed by atoms with Crippen molar-refractivity contribution in [2.24, 2.45) is 0 Å². The summed E-state index contributed by atoms with van der Waals surface area (Å²) < 4.78 is 19.5. The average molecular weight is 297 g/mol. The summed E-state index contributed by atoms with van der Waals surface area (Å²) in [6.45, 7) is 3.83. The lowest BCUT2D eigenvalue weighted by Gasteiger charge is -2.10. The Morgan fingerprint density at radius 2 is 2.15 bits per heavy atom. The van der Waals surface area contributed by atoms with Crippen LogP contribution in [0.4, 0.5) is 4.39 Å². The van der Waals surface area contributed by atoms with Crippen molar-refractivity contribution in [3.8, 4) is 5.69 Å². The summed E-state index contributed by atoms with van der Waals surface area (Å²) in [5, 5.41) is 4.39. The fourth-order valence-corrected chi connectivity index (χ4v) is 2.36. The molecule has 0 aliphatic rings. The van der Waals surface area contributed by atoms with E-state index in [1.54, 1.807) is 12.1 Å². The highest BCUT2D eigenvalue weighted by Crippen LogP contribution is 2.30. The maximum atomic E-state index is 13.4. The van der Waals surface area contributed by atoms with Crippen LogP contribution in [0, 0.1) is 5.82 Å². The summed E-state index contributed by atoms with van der Waals surface area (Å²) in [6, 6.07) is 5.93. The van der Waals surface area contributed by atoms with Gasteiger partial charge in [-0.2, -0.15) is 5.10 Å². The van der Waals surface area contributed by atoms with E-state index in [0.29, 0.717) is 11.4 Å². The molecule has 0 unspecified atom stereocenters. The lowest BCUT2D eigenvalue weighted by Crippen LogP contribution is -2.06. The Morgan fingerprint density at radius 1 is 1.45 bits per heavy atom. The second kappa shape index (κ2) is 5.63. The summed E-state index contributed by atoms with van der Waals surface area (Å²) in [5.74, 6) is -0.993. The number of esters is 1. The number of hydrogen-bond donors (Lipinski definition) is 0. The molecule has 1 heterocycles. The molecule has 0 aliphatic carbocycles. The maximum absolute atomic E-state index is 13.4. The van der Waals surface area contributed by atoms with Crippen LogP contribution in [0.2, 0.25) is 5.02 Å². The number of aromatic nitrogens is 2. The van der Waals surface area contributed by atoms with Crippen LogP contribution in [0.25, 0.3) is 5.69 Å². The van der Waals surface area contributed by atoms with Crippen LogP contribution >= 0.6 is 11.6 Å². The number of hydrogen-bond acceptors (Lipinski definition) is 3. The Morgan fingerprint density at radius 3 is 2.70 bits per heavy atom. The van der Waals surface area contributed by atoms with Crippen LogP contribution in [0.15, 0.2) is 24.3 Å². The molecule has 0 aliphatic heterocycles. The molecule has 1 aromatic carbocycles. The summed E-state index contributed by atoms with van der Waals surface area (Å²) in [6.07, 6.45) is 0. The molecule has 0 bridgehead atoms. The van der Waals surface area contributed by atoms with E-state index >= 15 is 0 Å². The minimum atomic E-state index is -0.618.